The van der Waals surface area contributed by atoms with Gasteiger partial charge in [-0.2, -0.15) is 4.98 Å². The second-order valence-electron chi connectivity index (χ2n) is 4.92. The Balaban J connectivity index is 1.62. The summed E-state index contributed by atoms with van der Waals surface area (Å²) >= 11 is 3.45. The normalized spacial score (nSPS) is 17.7. The summed E-state index contributed by atoms with van der Waals surface area (Å²) in [5.41, 5.74) is 0.945. The molecule has 1 atom stereocenters. The zero-order chi connectivity index (χ0) is 14.5. The van der Waals surface area contributed by atoms with E-state index in [2.05, 4.69) is 36.5 Å². The van der Waals surface area contributed by atoms with E-state index in [9.17, 15) is 0 Å². The largest absolute Gasteiger partial charge is 0.376 e. The Morgan fingerprint density at radius 1 is 1.33 bits per heavy atom. The molecule has 0 aliphatic carbocycles. The van der Waals surface area contributed by atoms with Crippen LogP contribution in [0, 0.1) is 0 Å². The average molecular weight is 349 g/mol. The van der Waals surface area contributed by atoms with Crippen molar-refractivity contribution in [2.24, 2.45) is 0 Å². The first-order valence-corrected chi connectivity index (χ1v) is 7.80. The molecule has 6 heteroatoms. The molecule has 2 heterocycles. The molecule has 1 aliphatic heterocycles. The van der Waals surface area contributed by atoms with Gasteiger partial charge >= 0.3 is 0 Å². The highest BCUT2D eigenvalue weighted by Gasteiger charge is 2.15. The Morgan fingerprint density at radius 2 is 2.29 bits per heavy atom. The molecule has 5 nitrogen and oxygen atoms in total. The number of nitrogens with zero attached hydrogens (tertiary/aromatic N) is 2. The minimum Gasteiger partial charge on any atom is -0.376 e. The van der Waals surface area contributed by atoms with Gasteiger partial charge < -0.3 is 15.4 Å². The molecular weight excluding hydrogens is 332 g/mol. The van der Waals surface area contributed by atoms with Crippen molar-refractivity contribution in [1.82, 2.24) is 9.97 Å². The second-order valence-corrected chi connectivity index (χ2v) is 5.83. The smallest absolute Gasteiger partial charge is 0.229 e. The summed E-state index contributed by atoms with van der Waals surface area (Å²) in [7, 11) is 0. The third-order valence-corrected chi connectivity index (χ3v) is 3.76. The molecule has 21 heavy (non-hydrogen) atoms. The van der Waals surface area contributed by atoms with Gasteiger partial charge in [-0.15, -0.1) is 0 Å². The monoisotopic (exact) mass is 348 g/mol. The quantitative estimate of drug-likeness (QED) is 0.864. The van der Waals surface area contributed by atoms with Crippen molar-refractivity contribution in [2.45, 2.75) is 18.9 Å². The molecule has 1 aromatic heterocycles. The highest BCUT2D eigenvalue weighted by molar-refractivity contribution is 9.10. The fraction of sp³-hybridized carbons (Fsp3) is 0.333. The number of hydrogen-bond donors (Lipinski definition) is 2. The van der Waals surface area contributed by atoms with E-state index < -0.39 is 0 Å². The zero-order valence-corrected chi connectivity index (χ0v) is 13.1. The van der Waals surface area contributed by atoms with Crippen LogP contribution in [0.4, 0.5) is 17.5 Å². The van der Waals surface area contributed by atoms with Crippen LogP contribution in [0.3, 0.4) is 0 Å². The molecule has 1 saturated heterocycles. The van der Waals surface area contributed by atoms with Gasteiger partial charge in [-0.3, -0.25) is 0 Å². The molecular formula is C15H17BrN4O. The fourth-order valence-electron chi connectivity index (χ4n) is 2.24. The molecule has 2 N–H and O–H groups in total. The van der Waals surface area contributed by atoms with Crippen molar-refractivity contribution >= 4 is 33.4 Å². The Bertz CT molecular complexity index is 602. The maximum absolute atomic E-state index is 5.59. The number of hydrogen-bond acceptors (Lipinski definition) is 5. The summed E-state index contributed by atoms with van der Waals surface area (Å²) in [6.45, 7) is 1.65. The third-order valence-electron chi connectivity index (χ3n) is 3.27. The summed E-state index contributed by atoms with van der Waals surface area (Å²) in [5, 5.41) is 6.49. The summed E-state index contributed by atoms with van der Waals surface area (Å²) in [4.78, 5) is 8.69. The topological polar surface area (TPSA) is 59.1 Å². The fourth-order valence-corrected chi connectivity index (χ4v) is 2.64. The van der Waals surface area contributed by atoms with Crippen molar-refractivity contribution < 1.29 is 4.74 Å². The number of anilines is 3. The minimum absolute atomic E-state index is 0.293. The summed E-state index contributed by atoms with van der Waals surface area (Å²) in [5.74, 6) is 1.38. The molecule has 1 aromatic carbocycles. The van der Waals surface area contributed by atoms with E-state index in [1.165, 1.54) is 0 Å². The number of nitrogens with one attached hydrogen (secondary N) is 2. The first-order valence-electron chi connectivity index (χ1n) is 7.01. The van der Waals surface area contributed by atoms with Crippen LogP contribution in [-0.4, -0.2) is 29.2 Å². The van der Waals surface area contributed by atoms with Crippen LogP contribution in [0.2, 0.25) is 0 Å². The first kappa shape index (κ1) is 14.3. The molecule has 3 rings (SSSR count). The third kappa shape index (κ3) is 4.15. The molecule has 0 spiro atoms. The van der Waals surface area contributed by atoms with E-state index in [4.69, 9.17) is 4.74 Å². The predicted molar refractivity (Wildman–Crippen MR) is 86.9 cm³/mol. The van der Waals surface area contributed by atoms with Gasteiger partial charge in [0, 0.05) is 29.5 Å². The molecule has 1 fully saturated rings. The maximum atomic E-state index is 5.59. The molecule has 0 amide bonds. The molecule has 1 aliphatic rings. The molecule has 1 unspecified atom stereocenters. The van der Waals surface area contributed by atoms with Crippen LogP contribution >= 0.6 is 15.9 Å². The van der Waals surface area contributed by atoms with E-state index in [1.54, 1.807) is 6.20 Å². The standard InChI is InChI=1S/C15H17BrN4O/c16-11-3-1-4-12(9-11)19-15-17-7-6-14(20-15)18-10-13-5-2-8-21-13/h1,3-4,6-7,9,13H,2,5,8,10H2,(H2,17,18,19,20). The predicted octanol–water partition coefficient (Wildman–Crippen LogP) is 3.57. The maximum Gasteiger partial charge on any atom is 0.229 e. The van der Waals surface area contributed by atoms with E-state index in [1.807, 2.05) is 30.3 Å². The lowest BCUT2D eigenvalue weighted by Gasteiger charge is -2.12. The van der Waals surface area contributed by atoms with Crippen molar-refractivity contribution in [2.75, 3.05) is 23.8 Å². The summed E-state index contributed by atoms with van der Waals surface area (Å²) in [6.07, 6.45) is 4.29. The van der Waals surface area contributed by atoms with Gasteiger partial charge in [-0.25, -0.2) is 4.98 Å². The Morgan fingerprint density at radius 3 is 3.10 bits per heavy atom. The number of aromatic nitrogens is 2. The molecule has 0 saturated carbocycles. The molecule has 0 bridgehead atoms. The summed E-state index contributed by atoms with van der Waals surface area (Å²) < 4.78 is 6.60. The number of ether oxygens (including phenoxy) is 1. The lowest BCUT2D eigenvalue weighted by molar-refractivity contribution is 0.120. The first-order chi connectivity index (χ1) is 10.3. The zero-order valence-electron chi connectivity index (χ0n) is 11.6. The minimum atomic E-state index is 0.293. The second kappa shape index (κ2) is 6.87. The molecule has 0 radical (unpaired) electrons. The number of benzene rings is 1. The van der Waals surface area contributed by atoms with Crippen molar-refractivity contribution in [1.29, 1.82) is 0 Å². The van der Waals surface area contributed by atoms with E-state index in [0.29, 0.717) is 12.1 Å². The van der Waals surface area contributed by atoms with Crippen LogP contribution in [-0.2, 0) is 4.74 Å². The molecule has 110 valence electrons. The van der Waals surface area contributed by atoms with Crippen molar-refractivity contribution in [3.63, 3.8) is 0 Å². The van der Waals surface area contributed by atoms with Crippen LogP contribution in [0.5, 0.6) is 0 Å². The van der Waals surface area contributed by atoms with Crippen molar-refractivity contribution in [3.8, 4) is 0 Å². The van der Waals surface area contributed by atoms with Crippen LogP contribution in [0.1, 0.15) is 12.8 Å². The van der Waals surface area contributed by atoms with Gasteiger partial charge in [0.05, 0.1) is 6.10 Å². The highest BCUT2D eigenvalue weighted by Crippen LogP contribution is 2.19. The van der Waals surface area contributed by atoms with Crippen molar-refractivity contribution in [3.05, 3.63) is 41.0 Å². The van der Waals surface area contributed by atoms with Gasteiger partial charge in [0.25, 0.3) is 0 Å². The Hall–Kier alpha value is -1.66. The lowest BCUT2D eigenvalue weighted by Crippen LogP contribution is -2.19. The van der Waals surface area contributed by atoms with Gasteiger partial charge in [0.1, 0.15) is 5.82 Å². The lowest BCUT2D eigenvalue weighted by atomic mass is 10.2. The van der Waals surface area contributed by atoms with E-state index >= 15 is 0 Å². The molecule has 2 aromatic rings. The van der Waals surface area contributed by atoms with Crippen LogP contribution < -0.4 is 10.6 Å². The van der Waals surface area contributed by atoms with Crippen LogP contribution in [0.25, 0.3) is 0 Å². The van der Waals surface area contributed by atoms with Gasteiger partial charge in [0.15, 0.2) is 0 Å². The average Bonchev–Trinajstić information content (AvgIpc) is 2.99. The Kier molecular flexibility index (Phi) is 4.67. The van der Waals surface area contributed by atoms with Gasteiger partial charge in [-0.1, -0.05) is 22.0 Å². The van der Waals surface area contributed by atoms with Gasteiger partial charge in [-0.05, 0) is 37.1 Å². The number of halogens is 1. The van der Waals surface area contributed by atoms with E-state index in [-0.39, 0.29) is 0 Å². The Labute approximate surface area is 132 Å². The van der Waals surface area contributed by atoms with E-state index in [0.717, 1.165) is 42.0 Å². The van der Waals surface area contributed by atoms with Gasteiger partial charge in [0.2, 0.25) is 5.95 Å². The summed E-state index contributed by atoms with van der Waals surface area (Å²) in [6, 6.07) is 9.76. The number of rotatable bonds is 5. The highest BCUT2D eigenvalue weighted by atomic mass is 79.9. The van der Waals surface area contributed by atoms with Crippen LogP contribution in [0.15, 0.2) is 41.0 Å². The SMILES string of the molecule is Brc1cccc(Nc2nccc(NCC3CCCO3)n2)c1.